The Morgan fingerprint density at radius 2 is 1.83 bits per heavy atom. The average molecular weight is 303 g/mol. The molecule has 0 unspecified atom stereocenters. The van der Waals surface area contributed by atoms with Gasteiger partial charge in [0.05, 0.1) is 11.9 Å². The first-order valence-electron chi connectivity index (χ1n) is 8.31. The summed E-state index contributed by atoms with van der Waals surface area (Å²) in [7, 11) is 0. The molecule has 2 N–H and O–H groups in total. The Hall–Kier alpha value is -2.39. The maximum absolute atomic E-state index is 4.52. The molecule has 3 aromatic rings. The van der Waals surface area contributed by atoms with Crippen molar-refractivity contribution in [1.82, 2.24) is 15.3 Å². The highest BCUT2D eigenvalue weighted by Gasteiger charge is 2.16. The summed E-state index contributed by atoms with van der Waals surface area (Å²) in [4.78, 5) is 7.95. The minimum absolute atomic E-state index is 0.718. The maximum Gasteiger partial charge on any atom is 0.137 e. The van der Waals surface area contributed by atoms with Gasteiger partial charge in [-0.1, -0.05) is 55.0 Å². The molecule has 3 nitrogen and oxygen atoms in total. The number of imidazole rings is 1. The van der Waals surface area contributed by atoms with Gasteiger partial charge in [-0.3, -0.25) is 0 Å². The van der Waals surface area contributed by atoms with Crippen LogP contribution in [-0.2, 0) is 6.54 Å². The van der Waals surface area contributed by atoms with E-state index in [-0.39, 0.29) is 0 Å². The third-order valence-corrected chi connectivity index (χ3v) is 4.56. The molecule has 0 aliphatic heterocycles. The second-order valence-electron chi connectivity index (χ2n) is 6.22. The normalized spacial score (nSPS) is 14.6. The van der Waals surface area contributed by atoms with Crippen molar-refractivity contribution in [2.75, 3.05) is 0 Å². The van der Waals surface area contributed by atoms with E-state index in [9.17, 15) is 0 Å². The molecule has 1 aromatic heterocycles. The van der Waals surface area contributed by atoms with Crippen molar-refractivity contribution in [3.05, 3.63) is 66.4 Å². The Labute approximate surface area is 136 Å². The number of hydrogen-bond acceptors (Lipinski definition) is 2. The van der Waals surface area contributed by atoms with Crippen LogP contribution in [0, 0.1) is 0 Å². The molecule has 1 aliphatic carbocycles. The molecule has 1 saturated carbocycles. The van der Waals surface area contributed by atoms with E-state index < -0.39 is 0 Å². The molecule has 0 radical (unpaired) electrons. The standard InChI is InChI=1S/C20H21N3/c1-2-7-16(8-3-1)20-22-14-19(23-20)17-9-4-6-15(12-17)13-21-18-10-5-11-18/h1-4,6-9,12,14,18,21H,5,10-11,13H2,(H,22,23). The minimum Gasteiger partial charge on any atom is -0.338 e. The van der Waals surface area contributed by atoms with Crippen LogP contribution in [0.5, 0.6) is 0 Å². The van der Waals surface area contributed by atoms with Gasteiger partial charge in [-0.2, -0.15) is 0 Å². The molecule has 1 aliphatic rings. The molecule has 0 bridgehead atoms. The van der Waals surface area contributed by atoms with Gasteiger partial charge in [0.1, 0.15) is 5.82 Å². The van der Waals surface area contributed by atoms with Crippen LogP contribution in [0.4, 0.5) is 0 Å². The van der Waals surface area contributed by atoms with Crippen LogP contribution >= 0.6 is 0 Å². The lowest BCUT2D eigenvalue weighted by Crippen LogP contribution is -2.34. The number of rotatable bonds is 5. The minimum atomic E-state index is 0.718. The highest BCUT2D eigenvalue weighted by Crippen LogP contribution is 2.23. The van der Waals surface area contributed by atoms with Gasteiger partial charge in [0, 0.05) is 18.2 Å². The largest absolute Gasteiger partial charge is 0.338 e. The molecule has 3 heteroatoms. The van der Waals surface area contributed by atoms with Crippen LogP contribution in [-0.4, -0.2) is 16.0 Å². The van der Waals surface area contributed by atoms with Crippen LogP contribution in [0.3, 0.4) is 0 Å². The quantitative estimate of drug-likeness (QED) is 0.734. The number of nitrogens with zero attached hydrogens (tertiary/aromatic N) is 1. The molecular formula is C20H21N3. The zero-order valence-corrected chi connectivity index (χ0v) is 13.1. The van der Waals surface area contributed by atoms with Gasteiger partial charge in [-0.25, -0.2) is 4.98 Å². The van der Waals surface area contributed by atoms with Crippen molar-refractivity contribution in [2.45, 2.75) is 31.8 Å². The Morgan fingerprint density at radius 3 is 2.61 bits per heavy atom. The first-order valence-corrected chi connectivity index (χ1v) is 8.31. The SMILES string of the molecule is c1ccc(-c2ncc(-c3cccc(CNC4CCC4)c3)[nH]2)cc1. The van der Waals surface area contributed by atoms with Crippen LogP contribution in [0.1, 0.15) is 24.8 Å². The Bertz CT molecular complexity index is 772. The number of nitrogens with one attached hydrogen (secondary N) is 2. The average Bonchev–Trinajstić information content (AvgIpc) is 3.05. The van der Waals surface area contributed by atoms with Gasteiger partial charge < -0.3 is 10.3 Å². The molecule has 23 heavy (non-hydrogen) atoms. The van der Waals surface area contributed by atoms with Gasteiger partial charge in [0.2, 0.25) is 0 Å². The zero-order valence-electron chi connectivity index (χ0n) is 13.1. The highest BCUT2D eigenvalue weighted by atomic mass is 14.9. The monoisotopic (exact) mass is 303 g/mol. The topological polar surface area (TPSA) is 40.7 Å². The van der Waals surface area contributed by atoms with E-state index in [2.05, 4.69) is 51.7 Å². The van der Waals surface area contributed by atoms with Crippen molar-refractivity contribution in [1.29, 1.82) is 0 Å². The third kappa shape index (κ3) is 3.20. The van der Waals surface area contributed by atoms with Gasteiger partial charge in [0.15, 0.2) is 0 Å². The lowest BCUT2D eigenvalue weighted by Gasteiger charge is -2.26. The Kier molecular flexibility index (Phi) is 3.95. The summed E-state index contributed by atoms with van der Waals surface area (Å²) in [6.07, 6.45) is 5.93. The van der Waals surface area contributed by atoms with Gasteiger partial charge in [-0.15, -0.1) is 0 Å². The van der Waals surface area contributed by atoms with Gasteiger partial charge in [-0.05, 0) is 30.0 Å². The molecule has 4 rings (SSSR count). The Morgan fingerprint density at radius 1 is 1.00 bits per heavy atom. The summed E-state index contributed by atoms with van der Waals surface area (Å²) in [5.74, 6) is 0.915. The van der Waals surface area contributed by atoms with Crippen molar-refractivity contribution >= 4 is 0 Å². The van der Waals surface area contributed by atoms with Gasteiger partial charge in [0.25, 0.3) is 0 Å². The van der Waals surface area contributed by atoms with E-state index >= 15 is 0 Å². The van der Waals surface area contributed by atoms with Crippen LogP contribution < -0.4 is 5.32 Å². The predicted molar refractivity (Wildman–Crippen MR) is 93.9 cm³/mol. The van der Waals surface area contributed by atoms with Crippen molar-refractivity contribution in [3.63, 3.8) is 0 Å². The fourth-order valence-corrected chi connectivity index (χ4v) is 2.93. The number of aromatic nitrogens is 2. The maximum atomic E-state index is 4.52. The van der Waals surface area contributed by atoms with Gasteiger partial charge >= 0.3 is 0 Å². The molecule has 1 heterocycles. The first-order chi connectivity index (χ1) is 11.4. The first kappa shape index (κ1) is 14.2. The van der Waals surface area contributed by atoms with E-state index in [0.717, 1.165) is 29.7 Å². The smallest absolute Gasteiger partial charge is 0.137 e. The summed E-state index contributed by atoms with van der Waals surface area (Å²) in [6.45, 7) is 0.943. The second-order valence-corrected chi connectivity index (χ2v) is 6.22. The molecule has 0 atom stereocenters. The third-order valence-electron chi connectivity index (χ3n) is 4.56. The lowest BCUT2D eigenvalue weighted by molar-refractivity contribution is 0.338. The lowest BCUT2D eigenvalue weighted by atomic mass is 9.93. The number of benzene rings is 2. The summed E-state index contributed by atoms with van der Waals surface area (Å²) in [6, 6.07) is 19.6. The highest BCUT2D eigenvalue weighted by molar-refractivity contribution is 5.64. The summed E-state index contributed by atoms with van der Waals surface area (Å²) >= 11 is 0. The zero-order chi connectivity index (χ0) is 15.5. The van der Waals surface area contributed by atoms with E-state index in [1.807, 2.05) is 24.4 Å². The van der Waals surface area contributed by atoms with Crippen molar-refractivity contribution < 1.29 is 0 Å². The second kappa shape index (κ2) is 6.39. The summed E-state index contributed by atoms with van der Waals surface area (Å²) < 4.78 is 0. The number of H-pyrrole nitrogens is 1. The summed E-state index contributed by atoms with van der Waals surface area (Å²) in [5.41, 5.74) is 4.69. The fraction of sp³-hybridized carbons (Fsp3) is 0.250. The number of aromatic amines is 1. The molecule has 0 spiro atoms. The van der Waals surface area contributed by atoms with Crippen LogP contribution in [0.2, 0.25) is 0 Å². The predicted octanol–water partition coefficient (Wildman–Crippen LogP) is 4.39. The number of hydrogen-bond donors (Lipinski definition) is 2. The van der Waals surface area contributed by atoms with Crippen molar-refractivity contribution in [2.24, 2.45) is 0 Å². The Balaban J connectivity index is 1.52. The molecule has 1 fully saturated rings. The van der Waals surface area contributed by atoms with Crippen molar-refractivity contribution in [3.8, 4) is 22.6 Å². The van der Waals surface area contributed by atoms with E-state index in [4.69, 9.17) is 0 Å². The fourth-order valence-electron chi connectivity index (χ4n) is 2.93. The molecule has 2 aromatic carbocycles. The van der Waals surface area contributed by atoms with Crippen LogP contribution in [0.15, 0.2) is 60.8 Å². The van der Waals surface area contributed by atoms with E-state index in [1.54, 1.807) is 0 Å². The molecular weight excluding hydrogens is 282 g/mol. The molecule has 0 saturated heterocycles. The molecule has 116 valence electrons. The van der Waals surface area contributed by atoms with Crippen LogP contribution in [0.25, 0.3) is 22.6 Å². The summed E-state index contributed by atoms with van der Waals surface area (Å²) in [5, 5.41) is 3.62. The van der Waals surface area contributed by atoms with E-state index in [1.165, 1.54) is 30.4 Å². The van der Waals surface area contributed by atoms with E-state index in [0.29, 0.717) is 0 Å². The molecule has 0 amide bonds.